The highest BCUT2D eigenvalue weighted by molar-refractivity contribution is 5.97. The molecule has 0 bridgehead atoms. The third-order valence-electron chi connectivity index (χ3n) is 4.90. The first-order chi connectivity index (χ1) is 13.5. The van der Waals surface area contributed by atoms with Gasteiger partial charge in [-0.25, -0.2) is 0 Å². The number of methoxy groups -OCH3 is 1. The molecule has 2 N–H and O–H groups in total. The van der Waals surface area contributed by atoms with Crippen LogP contribution in [-0.4, -0.2) is 62.0 Å². The van der Waals surface area contributed by atoms with Crippen LogP contribution in [0.5, 0.6) is 0 Å². The van der Waals surface area contributed by atoms with Crippen LogP contribution in [0.3, 0.4) is 0 Å². The van der Waals surface area contributed by atoms with Crippen LogP contribution >= 0.6 is 0 Å². The summed E-state index contributed by atoms with van der Waals surface area (Å²) in [5.41, 5.74) is 1.50. The van der Waals surface area contributed by atoms with Crippen molar-refractivity contribution in [2.24, 2.45) is 5.92 Å². The molecule has 7 heteroatoms. The summed E-state index contributed by atoms with van der Waals surface area (Å²) in [6, 6.07) is 6.59. The molecule has 1 atom stereocenters. The first-order valence-electron chi connectivity index (χ1n) is 9.49. The van der Waals surface area contributed by atoms with Gasteiger partial charge < -0.3 is 20.3 Å². The predicted octanol–water partition coefficient (Wildman–Crippen LogP) is 1.28. The Balaban J connectivity index is 2.07. The lowest BCUT2D eigenvalue weighted by Crippen LogP contribution is -2.54. The summed E-state index contributed by atoms with van der Waals surface area (Å²) < 4.78 is 4.90. The van der Waals surface area contributed by atoms with E-state index in [-0.39, 0.29) is 30.2 Å². The average molecular weight is 387 g/mol. The Kier molecular flexibility index (Phi) is 8.19. The molecule has 0 aliphatic carbocycles. The number of aryl methyl sites for hydroxylation is 1. The van der Waals surface area contributed by atoms with Gasteiger partial charge in [0.15, 0.2) is 0 Å². The molecule has 1 heterocycles. The first kappa shape index (κ1) is 21.6. The molecule has 1 aromatic rings. The molecule has 28 heavy (non-hydrogen) atoms. The van der Waals surface area contributed by atoms with E-state index in [1.165, 1.54) is 7.11 Å². The van der Waals surface area contributed by atoms with Gasteiger partial charge in [-0.1, -0.05) is 23.8 Å². The predicted molar refractivity (Wildman–Crippen MR) is 107 cm³/mol. The summed E-state index contributed by atoms with van der Waals surface area (Å²) >= 11 is 0. The average Bonchev–Trinajstić information content (AvgIpc) is 2.70. The standard InChI is InChI=1S/C21H29N3O4/c1-4-10-22-21(27)19(23-20(26)17-7-5-6-15(2)13-17)16-8-11-24(12-9-16)18(25)14-28-3/h4-7,13,16,19H,1,8-12,14H2,2-3H3,(H,22,27)(H,23,26)/t19-/m0/s1. The normalized spacial score (nSPS) is 15.6. The number of rotatable bonds is 8. The lowest BCUT2D eigenvalue weighted by Gasteiger charge is -2.35. The molecule has 1 aliphatic heterocycles. The number of carbonyl (C=O) groups is 3. The molecule has 1 saturated heterocycles. The van der Waals surface area contributed by atoms with Crippen molar-refractivity contribution in [1.82, 2.24) is 15.5 Å². The van der Waals surface area contributed by atoms with Gasteiger partial charge in [0.25, 0.3) is 5.91 Å². The molecule has 0 saturated carbocycles. The van der Waals surface area contributed by atoms with E-state index >= 15 is 0 Å². The Bertz CT molecular complexity index is 711. The van der Waals surface area contributed by atoms with Gasteiger partial charge in [-0.2, -0.15) is 0 Å². The Hall–Kier alpha value is -2.67. The molecule has 2 rings (SSSR count). The summed E-state index contributed by atoms with van der Waals surface area (Å²) in [6.07, 6.45) is 2.87. The van der Waals surface area contributed by atoms with Gasteiger partial charge in [-0.3, -0.25) is 14.4 Å². The maximum atomic E-state index is 12.7. The zero-order valence-electron chi connectivity index (χ0n) is 16.6. The molecule has 0 unspecified atom stereocenters. The Morgan fingerprint density at radius 1 is 1.32 bits per heavy atom. The molecule has 7 nitrogen and oxygen atoms in total. The van der Waals surface area contributed by atoms with E-state index < -0.39 is 6.04 Å². The van der Waals surface area contributed by atoms with Crippen molar-refractivity contribution in [2.75, 3.05) is 33.4 Å². The van der Waals surface area contributed by atoms with Gasteiger partial charge in [0, 0.05) is 32.3 Å². The van der Waals surface area contributed by atoms with Crippen LogP contribution in [0.15, 0.2) is 36.9 Å². The van der Waals surface area contributed by atoms with Gasteiger partial charge in [-0.15, -0.1) is 6.58 Å². The minimum atomic E-state index is -0.660. The fourth-order valence-electron chi connectivity index (χ4n) is 3.39. The van der Waals surface area contributed by atoms with Crippen molar-refractivity contribution in [3.8, 4) is 0 Å². The van der Waals surface area contributed by atoms with Gasteiger partial charge >= 0.3 is 0 Å². The van der Waals surface area contributed by atoms with E-state index in [0.717, 1.165) is 5.56 Å². The van der Waals surface area contributed by atoms with Crippen molar-refractivity contribution >= 4 is 17.7 Å². The monoisotopic (exact) mass is 387 g/mol. The topological polar surface area (TPSA) is 87.7 Å². The summed E-state index contributed by atoms with van der Waals surface area (Å²) in [5, 5.41) is 5.67. The van der Waals surface area contributed by atoms with E-state index in [1.807, 2.05) is 19.1 Å². The number of hydrogen-bond donors (Lipinski definition) is 2. The third kappa shape index (κ3) is 5.92. The number of amides is 3. The Labute approximate surface area is 166 Å². The van der Waals surface area contributed by atoms with E-state index in [1.54, 1.807) is 23.1 Å². The van der Waals surface area contributed by atoms with Gasteiger partial charge in [0.1, 0.15) is 12.6 Å². The maximum Gasteiger partial charge on any atom is 0.251 e. The number of carbonyl (C=O) groups excluding carboxylic acids is 3. The van der Waals surface area contributed by atoms with Crippen LogP contribution in [0.25, 0.3) is 0 Å². The molecular formula is C21H29N3O4. The lowest BCUT2D eigenvalue weighted by atomic mass is 9.88. The summed E-state index contributed by atoms with van der Waals surface area (Å²) in [6.45, 7) is 6.99. The van der Waals surface area contributed by atoms with E-state index in [4.69, 9.17) is 4.74 Å². The zero-order valence-corrected chi connectivity index (χ0v) is 16.6. The Morgan fingerprint density at radius 3 is 2.64 bits per heavy atom. The van der Waals surface area contributed by atoms with Crippen LogP contribution in [0.1, 0.15) is 28.8 Å². The molecule has 1 aliphatic rings. The maximum absolute atomic E-state index is 12.7. The number of hydrogen-bond acceptors (Lipinski definition) is 4. The number of likely N-dealkylation sites (tertiary alicyclic amines) is 1. The molecule has 152 valence electrons. The summed E-state index contributed by atoms with van der Waals surface area (Å²) in [4.78, 5) is 39.1. The number of ether oxygens (including phenoxy) is 1. The second-order valence-electron chi connectivity index (χ2n) is 7.01. The number of nitrogens with zero attached hydrogens (tertiary/aromatic N) is 1. The van der Waals surface area contributed by atoms with Crippen molar-refractivity contribution in [2.45, 2.75) is 25.8 Å². The van der Waals surface area contributed by atoms with Crippen LogP contribution in [0.2, 0.25) is 0 Å². The minimum absolute atomic E-state index is 0.0508. The molecule has 0 radical (unpaired) electrons. The van der Waals surface area contributed by atoms with Crippen LogP contribution in [0, 0.1) is 12.8 Å². The van der Waals surface area contributed by atoms with Crippen molar-refractivity contribution in [3.63, 3.8) is 0 Å². The van der Waals surface area contributed by atoms with Crippen molar-refractivity contribution in [1.29, 1.82) is 0 Å². The van der Waals surface area contributed by atoms with E-state index in [2.05, 4.69) is 17.2 Å². The molecule has 0 aromatic heterocycles. The van der Waals surface area contributed by atoms with Crippen molar-refractivity contribution < 1.29 is 19.1 Å². The van der Waals surface area contributed by atoms with Crippen LogP contribution < -0.4 is 10.6 Å². The SMILES string of the molecule is C=CCNC(=O)[C@@H](NC(=O)c1cccc(C)c1)C1CCN(C(=O)COC)CC1. The minimum Gasteiger partial charge on any atom is -0.375 e. The number of benzene rings is 1. The van der Waals surface area contributed by atoms with Crippen LogP contribution in [-0.2, 0) is 14.3 Å². The molecule has 1 aromatic carbocycles. The van der Waals surface area contributed by atoms with Crippen LogP contribution in [0.4, 0.5) is 0 Å². The lowest BCUT2D eigenvalue weighted by molar-refractivity contribution is -0.136. The molecular weight excluding hydrogens is 358 g/mol. The highest BCUT2D eigenvalue weighted by Crippen LogP contribution is 2.22. The molecule has 3 amide bonds. The molecule has 0 spiro atoms. The van der Waals surface area contributed by atoms with Gasteiger partial charge in [0.05, 0.1) is 0 Å². The van der Waals surface area contributed by atoms with Gasteiger partial charge in [-0.05, 0) is 37.8 Å². The smallest absolute Gasteiger partial charge is 0.251 e. The van der Waals surface area contributed by atoms with Gasteiger partial charge in [0.2, 0.25) is 11.8 Å². The molecule has 1 fully saturated rings. The van der Waals surface area contributed by atoms with E-state index in [0.29, 0.717) is 38.0 Å². The number of nitrogens with one attached hydrogen (secondary N) is 2. The van der Waals surface area contributed by atoms with E-state index in [9.17, 15) is 14.4 Å². The summed E-state index contributed by atoms with van der Waals surface area (Å²) in [5.74, 6) is -0.620. The highest BCUT2D eigenvalue weighted by Gasteiger charge is 2.33. The second kappa shape index (κ2) is 10.6. The Morgan fingerprint density at radius 2 is 2.04 bits per heavy atom. The number of piperidine rings is 1. The second-order valence-corrected chi connectivity index (χ2v) is 7.01. The fraction of sp³-hybridized carbons (Fsp3) is 0.476. The third-order valence-corrected chi connectivity index (χ3v) is 4.90. The highest BCUT2D eigenvalue weighted by atomic mass is 16.5. The van der Waals surface area contributed by atoms with Crippen molar-refractivity contribution in [3.05, 3.63) is 48.0 Å². The fourth-order valence-corrected chi connectivity index (χ4v) is 3.39. The first-order valence-corrected chi connectivity index (χ1v) is 9.49. The largest absolute Gasteiger partial charge is 0.375 e. The quantitative estimate of drug-likeness (QED) is 0.658. The zero-order chi connectivity index (χ0) is 20.5. The summed E-state index contributed by atoms with van der Waals surface area (Å²) in [7, 11) is 1.49.